The molecule has 7 heteroatoms. The summed E-state index contributed by atoms with van der Waals surface area (Å²) in [5.74, 6) is 0.567. The Bertz CT molecular complexity index is 1200. The fourth-order valence-electron chi connectivity index (χ4n) is 4.82. The summed E-state index contributed by atoms with van der Waals surface area (Å²) in [6, 6.07) is 8.34. The molecule has 1 amide bonds. The van der Waals surface area contributed by atoms with E-state index in [1.165, 1.54) is 11.6 Å². The minimum Gasteiger partial charge on any atom is -0.451 e. The van der Waals surface area contributed by atoms with Crippen LogP contribution in [-0.4, -0.2) is 48.0 Å². The highest BCUT2D eigenvalue weighted by Gasteiger charge is 2.45. The number of hydrogen-bond donors (Lipinski definition) is 0. The number of aromatic nitrogens is 2. The molecule has 1 aliphatic heterocycles. The zero-order valence-electron chi connectivity index (χ0n) is 17.2. The van der Waals surface area contributed by atoms with Crippen LogP contribution in [0.15, 0.2) is 45.7 Å². The van der Waals surface area contributed by atoms with Crippen molar-refractivity contribution in [1.82, 2.24) is 14.9 Å². The molecule has 5 rings (SSSR count). The van der Waals surface area contributed by atoms with Gasteiger partial charge in [-0.2, -0.15) is 0 Å². The lowest BCUT2D eigenvalue weighted by Gasteiger charge is -2.40. The van der Waals surface area contributed by atoms with Crippen molar-refractivity contribution < 1.29 is 9.21 Å². The van der Waals surface area contributed by atoms with Crippen LogP contribution in [0.2, 0.25) is 0 Å². The topological polar surface area (TPSA) is 79.5 Å². The van der Waals surface area contributed by atoms with Gasteiger partial charge in [0.25, 0.3) is 5.91 Å². The predicted molar refractivity (Wildman–Crippen MR) is 114 cm³/mol. The third kappa shape index (κ3) is 2.96. The summed E-state index contributed by atoms with van der Waals surface area (Å²) in [5, 5.41) is 0.488. The van der Waals surface area contributed by atoms with Crippen LogP contribution in [0.4, 0.5) is 5.95 Å². The Hall–Kier alpha value is -3.22. The molecule has 0 N–H and O–H groups in total. The number of nitrogens with zero attached hydrogens (tertiary/aromatic N) is 4. The second kappa shape index (κ2) is 6.93. The van der Waals surface area contributed by atoms with Gasteiger partial charge in [-0.3, -0.25) is 9.59 Å². The van der Waals surface area contributed by atoms with Crippen molar-refractivity contribution in [1.29, 1.82) is 0 Å². The van der Waals surface area contributed by atoms with Gasteiger partial charge in [0.1, 0.15) is 5.58 Å². The fraction of sp³-hybridized carbons (Fsp3) is 0.391. The number of amides is 1. The molecule has 2 aromatic heterocycles. The first-order chi connectivity index (χ1) is 14.5. The first kappa shape index (κ1) is 18.8. The van der Waals surface area contributed by atoms with Gasteiger partial charge >= 0.3 is 0 Å². The van der Waals surface area contributed by atoms with Gasteiger partial charge in [0.05, 0.1) is 11.1 Å². The van der Waals surface area contributed by atoms with Crippen molar-refractivity contribution in [2.45, 2.75) is 31.1 Å². The molecule has 1 fully saturated rings. The number of benzene rings is 1. The van der Waals surface area contributed by atoms with E-state index in [9.17, 15) is 9.59 Å². The molecule has 7 nitrogen and oxygen atoms in total. The van der Waals surface area contributed by atoms with Crippen LogP contribution in [0.5, 0.6) is 0 Å². The average Bonchev–Trinajstić information content (AvgIpc) is 3.10. The van der Waals surface area contributed by atoms with Crippen LogP contribution < -0.4 is 10.3 Å². The maximum absolute atomic E-state index is 13.3. The Kier molecular flexibility index (Phi) is 4.34. The van der Waals surface area contributed by atoms with Crippen LogP contribution in [0.25, 0.3) is 11.0 Å². The highest BCUT2D eigenvalue weighted by molar-refractivity contribution is 5.93. The molecule has 1 spiro atoms. The zero-order chi connectivity index (χ0) is 20.9. The molecule has 30 heavy (non-hydrogen) atoms. The first-order valence-electron chi connectivity index (χ1n) is 10.3. The van der Waals surface area contributed by atoms with E-state index in [1.807, 2.05) is 30.1 Å². The molecule has 154 valence electrons. The highest BCUT2D eigenvalue weighted by atomic mass is 16.3. The van der Waals surface area contributed by atoms with E-state index >= 15 is 0 Å². The van der Waals surface area contributed by atoms with Gasteiger partial charge in [0.2, 0.25) is 5.95 Å². The number of rotatable bonds is 2. The second-order valence-electron chi connectivity index (χ2n) is 8.52. The lowest BCUT2D eigenvalue weighted by atomic mass is 9.77. The smallest absolute Gasteiger partial charge is 0.289 e. The van der Waals surface area contributed by atoms with E-state index in [0.717, 1.165) is 31.4 Å². The van der Waals surface area contributed by atoms with E-state index in [4.69, 9.17) is 9.40 Å². The fourth-order valence-corrected chi connectivity index (χ4v) is 4.82. The predicted octanol–water partition coefficient (Wildman–Crippen LogP) is 2.77. The quantitative estimate of drug-likeness (QED) is 0.654. The van der Waals surface area contributed by atoms with Gasteiger partial charge in [-0.25, -0.2) is 9.97 Å². The molecule has 2 aliphatic rings. The molecule has 1 saturated heterocycles. The molecule has 3 heterocycles. The van der Waals surface area contributed by atoms with E-state index in [-0.39, 0.29) is 22.5 Å². The number of hydrogen-bond acceptors (Lipinski definition) is 6. The van der Waals surface area contributed by atoms with Crippen LogP contribution in [0, 0.1) is 0 Å². The normalized spacial score (nSPS) is 20.5. The molecule has 0 saturated carbocycles. The summed E-state index contributed by atoms with van der Waals surface area (Å²) in [4.78, 5) is 38.8. The molecular formula is C23H24N4O3. The van der Waals surface area contributed by atoms with Gasteiger partial charge in [-0.15, -0.1) is 0 Å². The number of anilines is 1. The maximum Gasteiger partial charge on any atom is 0.289 e. The molecule has 3 aromatic rings. The van der Waals surface area contributed by atoms with Gasteiger partial charge in [0.15, 0.2) is 11.2 Å². The van der Waals surface area contributed by atoms with Gasteiger partial charge in [-0.1, -0.05) is 12.1 Å². The zero-order valence-corrected chi connectivity index (χ0v) is 17.2. The molecule has 0 bridgehead atoms. The van der Waals surface area contributed by atoms with Crippen molar-refractivity contribution in [2.24, 2.45) is 0 Å². The lowest BCUT2D eigenvalue weighted by molar-refractivity contribution is 0.0602. The summed E-state index contributed by atoms with van der Waals surface area (Å²) < 4.78 is 5.81. The SMILES string of the molecule is CN(C)c1ncc2c(n1)C1(CCCN(C(=O)c3cc(=O)c4ccccc4o3)C1)CC2. The Balaban J connectivity index is 1.48. The molecule has 1 atom stereocenters. The lowest BCUT2D eigenvalue weighted by Crippen LogP contribution is -2.48. The minimum atomic E-state index is -0.229. The van der Waals surface area contributed by atoms with Crippen LogP contribution in [0.3, 0.4) is 0 Å². The number of carbonyl (C=O) groups excluding carboxylic acids is 1. The molecule has 1 aliphatic carbocycles. The Labute approximate surface area is 174 Å². The summed E-state index contributed by atoms with van der Waals surface area (Å²) >= 11 is 0. The van der Waals surface area contributed by atoms with E-state index < -0.39 is 0 Å². The van der Waals surface area contributed by atoms with Gasteiger partial charge in [0, 0.05) is 44.9 Å². The highest BCUT2D eigenvalue weighted by Crippen LogP contribution is 2.44. The number of likely N-dealkylation sites (tertiary alicyclic amines) is 1. The molecule has 0 radical (unpaired) electrons. The number of carbonyl (C=O) groups is 1. The molecular weight excluding hydrogens is 380 g/mol. The average molecular weight is 404 g/mol. The van der Waals surface area contributed by atoms with Gasteiger partial charge in [-0.05, 0) is 43.4 Å². The molecule has 1 unspecified atom stereocenters. The van der Waals surface area contributed by atoms with Crippen molar-refractivity contribution in [2.75, 3.05) is 32.1 Å². The third-order valence-electron chi connectivity index (χ3n) is 6.34. The largest absolute Gasteiger partial charge is 0.451 e. The van der Waals surface area contributed by atoms with Gasteiger partial charge < -0.3 is 14.2 Å². The third-order valence-corrected chi connectivity index (χ3v) is 6.34. The van der Waals surface area contributed by atoms with Crippen molar-refractivity contribution in [3.8, 4) is 0 Å². The minimum absolute atomic E-state index is 0.102. The number of fused-ring (bicyclic) bond motifs is 3. The Morgan fingerprint density at radius 2 is 2.07 bits per heavy atom. The maximum atomic E-state index is 13.3. The number of aryl methyl sites for hydroxylation is 1. The van der Waals surface area contributed by atoms with E-state index in [2.05, 4.69) is 4.98 Å². The van der Waals surface area contributed by atoms with Crippen molar-refractivity contribution >= 4 is 22.8 Å². The monoisotopic (exact) mass is 404 g/mol. The summed E-state index contributed by atoms with van der Waals surface area (Å²) in [6.45, 7) is 1.23. The van der Waals surface area contributed by atoms with Crippen LogP contribution in [0.1, 0.15) is 41.1 Å². The van der Waals surface area contributed by atoms with E-state index in [0.29, 0.717) is 30.0 Å². The first-order valence-corrected chi connectivity index (χ1v) is 10.3. The standard InChI is InChI=1S/C23H24N4O3/c1-26(2)22-24-13-15-8-10-23(20(15)25-22)9-5-11-27(14-23)21(29)19-12-17(28)16-6-3-4-7-18(16)30-19/h3-4,6-7,12-13H,5,8-11,14H2,1-2H3. The van der Waals surface area contributed by atoms with Crippen LogP contribution >= 0.6 is 0 Å². The molecule has 1 aromatic carbocycles. The van der Waals surface area contributed by atoms with E-state index in [1.54, 1.807) is 24.3 Å². The summed E-state index contributed by atoms with van der Waals surface area (Å²) in [6.07, 6.45) is 5.70. The number of piperidine rings is 1. The van der Waals surface area contributed by atoms with Crippen molar-refractivity contribution in [3.63, 3.8) is 0 Å². The summed E-state index contributed by atoms with van der Waals surface area (Å²) in [7, 11) is 3.86. The second-order valence-corrected chi connectivity index (χ2v) is 8.52. The number of para-hydroxylation sites is 1. The van der Waals surface area contributed by atoms with Crippen LogP contribution in [-0.2, 0) is 11.8 Å². The Morgan fingerprint density at radius 1 is 1.23 bits per heavy atom. The van der Waals surface area contributed by atoms with Crippen molar-refractivity contribution in [3.05, 3.63) is 63.8 Å². The Morgan fingerprint density at radius 3 is 2.90 bits per heavy atom. The summed E-state index contributed by atoms with van der Waals surface area (Å²) in [5.41, 5.74) is 2.33.